The molecule has 0 fully saturated rings. The highest BCUT2D eigenvalue weighted by molar-refractivity contribution is 7.75. The van der Waals surface area contributed by atoms with Crippen LogP contribution < -0.4 is 12.4 Å². The number of unbranched alkanes of at least 4 members (excludes halogenated alkanes) is 6. The first-order valence-corrected chi connectivity index (χ1v) is 14.3. The van der Waals surface area contributed by atoms with Crippen molar-refractivity contribution in [2.45, 2.75) is 91.4 Å². The van der Waals surface area contributed by atoms with Gasteiger partial charge in [-0.15, -0.1) is 0 Å². The molecule has 0 unspecified atom stereocenters. The molecule has 162 valence electrons. The van der Waals surface area contributed by atoms with Gasteiger partial charge in [0, 0.05) is 7.26 Å². The van der Waals surface area contributed by atoms with Crippen molar-refractivity contribution in [3.05, 3.63) is 42.0 Å². The molecule has 0 aliphatic rings. The maximum Gasteiger partial charge on any atom is 0.0594 e. The molecule has 0 nitrogen and oxygen atoms in total. The van der Waals surface area contributed by atoms with Crippen LogP contribution in [-0.4, -0.2) is 24.6 Å². The SMILES string of the molecule is C=Cc1ccc(CCCCCC[P+](CCCC)(CCCC)CCCC)cc1.[Cl-]. The number of hydrogen-bond acceptors (Lipinski definition) is 0. The molecule has 0 radical (unpaired) electrons. The van der Waals surface area contributed by atoms with Crippen LogP contribution >= 0.6 is 7.26 Å². The van der Waals surface area contributed by atoms with E-state index in [-0.39, 0.29) is 12.4 Å². The van der Waals surface area contributed by atoms with Gasteiger partial charge in [-0.2, -0.15) is 0 Å². The minimum absolute atomic E-state index is 0. The second kappa shape index (κ2) is 17.5. The molecular weight excluding hydrogens is 379 g/mol. The molecule has 0 aliphatic heterocycles. The van der Waals surface area contributed by atoms with E-state index in [0.29, 0.717) is 0 Å². The van der Waals surface area contributed by atoms with E-state index in [9.17, 15) is 0 Å². The van der Waals surface area contributed by atoms with Gasteiger partial charge in [-0.3, -0.25) is 0 Å². The van der Waals surface area contributed by atoms with E-state index < -0.39 is 7.26 Å². The molecule has 0 amide bonds. The first-order valence-electron chi connectivity index (χ1n) is 11.8. The fraction of sp³-hybridized carbons (Fsp3) is 0.692. The van der Waals surface area contributed by atoms with E-state index in [2.05, 4.69) is 51.6 Å². The minimum atomic E-state index is -0.671. The van der Waals surface area contributed by atoms with E-state index in [4.69, 9.17) is 0 Å². The highest BCUT2D eigenvalue weighted by Crippen LogP contribution is 2.61. The van der Waals surface area contributed by atoms with E-state index in [1.807, 2.05) is 6.08 Å². The molecular formula is C26H46ClP. The van der Waals surface area contributed by atoms with Crippen LogP contribution in [0.4, 0.5) is 0 Å². The zero-order valence-electron chi connectivity index (χ0n) is 19.0. The lowest BCUT2D eigenvalue weighted by atomic mass is 10.0. The molecule has 0 bridgehead atoms. The van der Waals surface area contributed by atoms with Gasteiger partial charge in [-0.05, 0) is 56.1 Å². The van der Waals surface area contributed by atoms with Gasteiger partial charge in [0.25, 0.3) is 0 Å². The van der Waals surface area contributed by atoms with Crippen LogP contribution in [0.3, 0.4) is 0 Å². The Bertz CT molecular complexity index is 458. The molecule has 0 spiro atoms. The molecule has 1 aromatic rings. The zero-order chi connectivity index (χ0) is 19.8. The van der Waals surface area contributed by atoms with Crippen LogP contribution in [0.5, 0.6) is 0 Å². The number of aryl methyl sites for hydroxylation is 1. The van der Waals surface area contributed by atoms with E-state index in [1.165, 1.54) is 81.8 Å². The monoisotopic (exact) mass is 424 g/mol. The Hall–Kier alpha value is -0.320. The summed E-state index contributed by atoms with van der Waals surface area (Å²) in [5.74, 6) is 0. The van der Waals surface area contributed by atoms with E-state index in [0.717, 1.165) is 0 Å². The van der Waals surface area contributed by atoms with Gasteiger partial charge < -0.3 is 12.4 Å². The second-order valence-electron chi connectivity index (χ2n) is 8.41. The third kappa shape index (κ3) is 11.6. The largest absolute Gasteiger partial charge is 1.00 e. The number of halogens is 1. The summed E-state index contributed by atoms with van der Waals surface area (Å²) in [6.07, 6.45) is 23.7. The van der Waals surface area contributed by atoms with E-state index >= 15 is 0 Å². The smallest absolute Gasteiger partial charge is 0.0594 e. The molecule has 0 heterocycles. The molecule has 28 heavy (non-hydrogen) atoms. The predicted molar refractivity (Wildman–Crippen MR) is 130 cm³/mol. The molecule has 0 aromatic heterocycles. The average molecular weight is 425 g/mol. The molecule has 0 saturated heterocycles. The maximum absolute atomic E-state index is 3.83. The van der Waals surface area contributed by atoms with Crippen LogP contribution in [0.1, 0.15) is 96.1 Å². The summed E-state index contributed by atoms with van der Waals surface area (Å²) >= 11 is 0. The first-order chi connectivity index (χ1) is 13.2. The fourth-order valence-electron chi connectivity index (χ4n) is 4.10. The zero-order valence-corrected chi connectivity index (χ0v) is 20.7. The van der Waals surface area contributed by atoms with Crippen molar-refractivity contribution in [2.24, 2.45) is 0 Å². The topological polar surface area (TPSA) is 0 Å². The number of rotatable bonds is 17. The summed E-state index contributed by atoms with van der Waals surface area (Å²) < 4.78 is 0. The van der Waals surface area contributed by atoms with Crippen molar-refractivity contribution >= 4 is 13.3 Å². The Morgan fingerprint density at radius 1 is 0.679 bits per heavy atom. The minimum Gasteiger partial charge on any atom is -1.00 e. The van der Waals surface area contributed by atoms with Gasteiger partial charge in [0.2, 0.25) is 0 Å². The van der Waals surface area contributed by atoms with Crippen molar-refractivity contribution in [1.82, 2.24) is 0 Å². The lowest BCUT2D eigenvalue weighted by molar-refractivity contribution is -0.00000594. The van der Waals surface area contributed by atoms with Crippen LogP contribution in [-0.2, 0) is 6.42 Å². The molecule has 2 heteroatoms. The number of hydrogen-bond donors (Lipinski definition) is 0. The predicted octanol–water partition coefficient (Wildman–Crippen LogP) is 5.85. The van der Waals surface area contributed by atoms with Gasteiger partial charge in [0.15, 0.2) is 0 Å². The molecule has 0 atom stereocenters. The van der Waals surface area contributed by atoms with Crippen molar-refractivity contribution < 1.29 is 12.4 Å². The lowest BCUT2D eigenvalue weighted by Crippen LogP contribution is -3.00. The highest BCUT2D eigenvalue weighted by Gasteiger charge is 2.34. The highest BCUT2D eigenvalue weighted by atomic mass is 35.5. The van der Waals surface area contributed by atoms with E-state index in [1.54, 1.807) is 24.6 Å². The Kier molecular flexibility index (Phi) is 17.3. The van der Waals surface area contributed by atoms with Crippen molar-refractivity contribution in [3.8, 4) is 0 Å². The summed E-state index contributed by atoms with van der Waals surface area (Å²) in [6, 6.07) is 8.92. The van der Waals surface area contributed by atoms with Gasteiger partial charge in [-0.25, -0.2) is 0 Å². The quantitative estimate of drug-likeness (QED) is 0.217. The third-order valence-corrected chi connectivity index (χ3v) is 11.1. The van der Waals surface area contributed by atoms with Crippen LogP contribution in [0.2, 0.25) is 0 Å². The molecule has 1 aromatic carbocycles. The van der Waals surface area contributed by atoms with Crippen molar-refractivity contribution in [3.63, 3.8) is 0 Å². The van der Waals surface area contributed by atoms with Crippen LogP contribution in [0, 0.1) is 0 Å². The normalized spacial score (nSPS) is 11.2. The summed E-state index contributed by atoms with van der Waals surface area (Å²) in [4.78, 5) is 0. The van der Waals surface area contributed by atoms with Crippen LogP contribution in [0.15, 0.2) is 30.8 Å². The summed E-state index contributed by atoms with van der Waals surface area (Å²) in [5.41, 5.74) is 2.71. The Balaban J connectivity index is 0.00000729. The standard InChI is InChI=1S/C26H46P.ClH/c1-5-9-21-27(22-10-6-2,23-11-7-3)24-15-13-12-14-16-26-19-17-25(8-4)18-20-26;/h8,17-20H,4-7,9-16,21-24H2,1-3H3;1H/q+1;/p-1. The van der Waals surface area contributed by atoms with Crippen LogP contribution in [0.25, 0.3) is 6.08 Å². The third-order valence-electron chi connectivity index (χ3n) is 6.02. The molecule has 0 aliphatic carbocycles. The van der Waals surface area contributed by atoms with Gasteiger partial charge >= 0.3 is 0 Å². The first kappa shape index (κ1) is 27.7. The van der Waals surface area contributed by atoms with Crippen molar-refractivity contribution in [1.29, 1.82) is 0 Å². The summed E-state index contributed by atoms with van der Waals surface area (Å²) in [7, 11) is -0.671. The average Bonchev–Trinajstić information content (AvgIpc) is 2.71. The second-order valence-corrected chi connectivity index (χ2v) is 12.9. The molecule has 0 N–H and O–H groups in total. The Morgan fingerprint density at radius 2 is 1.14 bits per heavy atom. The lowest BCUT2D eigenvalue weighted by Gasteiger charge is -2.28. The Labute approximate surface area is 183 Å². The van der Waals surface area contributed by atoms with Gasteiger partial charge in [-0.1, -0.05) is 83.4 Å². The molecule has 0 saturated carbocycles. The Morgan fingerprint density at radius 3 is 1.61 bits per heavy atom. The number of benzene rings is 1. The molecule has 1 rings (SSSR count). The maximum atomic E-state index is 3.83. The van der Waals surface area contributed by atoms with Gasteiger partial charge in [0.05, 0.1) is 24.6 Å². The summed E-state index contributed by atoms with van der Waals surface area (Å²) in [6.45, 7) is 10.9. The summed E-state index contributed by atoms with van der Waals surface area (Å²) in [5, 5.41) is 0. The fourth-order valence-corrected chi connectivity index (χ4v) is 9.30. The van der Waals surface area contributed by atoms with Gasteiger partial charge in [0.1, 0.15) is 0 Å². The van der Waals surface area contributed by atoms with Crippen molar-refractivity contribution in [2.75, 3.05) is 24.6 Å².